The number of rotatable bonds is 5. The first kappa shape index (κ1) is 19.9. The average Bonchev–Trinajstić information content (AvgIpc) is 3.29. The predicted molar refractivity (Wildman–Crippen MR) is 108 cm³/mol. The van der Waals surface area contributed by atoms with Gasteiger partial charge in [0.1, 0.15) is 11.0 Å². The first-order valence-electron chi connectivity index (χ1n) is 11.0. The second-order valence-electron chi connectivity index (χ2n) is 8.52. The van der Waals surface area contributed by atoms with E-state index in [-0.39, 0.29) is 30.8 Å². The second-order valence-corrected chi connectivity index (χ2v) is 8.52. The van der Waals surface area contributed by atoms with E-state index in [0.717, 1.165) is 38.5 Å². The van der Waals surface area contributed by atoms with E-state index in [4.69, 9.17) is 4.99 Å². The van der Waals surface area contributed by atoms with Crippen molar-refractivity contribution in [2.24, 2.45) is 4.99 Å². The number of urea groups is 1. The number of nitrogens with zero attached hydrogens (tertiary/aromatic N) is 3. The zero-order chi connectivity index (χ0) is 20.3. The summed E-state index contributed by atoms with van der Waals surface area (Å²) in [7, 11) is 0. The summed E-state index contributed by atoms with van der Waals surface area (Å²) in [6, 6.07) is 5.59. The van der Waals surface area contributed by atoms with Crippen molar-refractivity contribution in [3.05, 3.63) is 29.9 Å². The van der Waals surface area contributed by atoms with Crippen LogP contribution in [0.15, 0.2) is 29.4 Å². The third-order valence-corrected chi connectivity index (χ3v) is 6.47. The lowest BCUT2D eigenvalue weighted by atomic mass is 9.96. The van der Waals surface area contributed by atoms with Gasteiger partial charge in [-0.05, 0) is 44.2 Å². The SMILES string of the molecule is O=C1NC2(CCCC2)C(=O)N1CCCC(=O)n1ccccc1=NC1CCCCC1. The Kier molecular flexibility index (Phi) is 5.83. The monoisotopic (exact) mass is 398 g/mol. The van der Waals surface area contributed by atoms with Gasteiger partial charge in [-0.25, -0.2) is 4.79 Å². The van der Waals surface area contributed by atoms with Gasteiger partial charge in [0.2, 0.25) is 5.91 Å². The molecule has 3 aliphatic rings. The van der Waals surface area contributed by atoms with Crippen LogP contribution in [0.1, 0.15) is 75.4 Å². The lowest BCUT2D eigenvalue weighted by Crippen LogP contribution is -2.44. The molecule has 156 valence electrons. The first-order valence-corrected chi connectivity index (χ1v) is 11.0. The number of amides is 3. The fraction of sp³-hybridized carbons (Fsp3) is 0.636. The molecule has 1 aromatic heterocycles. The topological polar surface area (TPSA) is 83.8 Å². The summed E-state index contributed by atoms with van der Waals surface area (Å²) in [5, 5.41) is 2.89. The van der Waals surface area contributed by atoms with Crippen LogP contribution in [0, 0.1) is 0 Å². The molecule has 7 nitrogen and oxygen atoms in total. The molecular formula is C22H30N4O3. The molecule has 0 bridgehead atoms. The van der Waals surface area contributed by atoms with E-state index >= 15 is 0 Å². The molecule has 4 rings (SSSR count). The minimum atomic E-state index is -0.679. The van der Waals surface area contributed by atoms with Crippen LogP contribution < -0.4 is 10.8 Å². The Bertz CT molecular complexity index is 848. The minimum Gasteiger partial charge on any atom is -0.323 e. The summed E-state index contributed by atoms with van der Waals surface area (Å²) in [4.78, 5) is 43.9. The lowest BCUT2D eigenvalue weighted by molar-refractivity contribution is -0.131. The van der Waals surface area contributed by atoms with E-state index < -0.39 is 5.54 Å². The summed E-state index contributed by atoms with van der Waals surface area (Å²) in [6.45, 7) is 0.278. The molecule has 1 saturated heterocycles. The van der Waals surface area contributed by atoms with Crippen LogP contribution in [0.2, 0.25) is 0 Å². The molecule has 0 atom stereocenters. The van der Waals surface area contributed by atoms with E-state index in [1.807, 2.05) is 18.2 Å². The molecule has 0 radical (unpaired) electrons. The highest BCUT2D eigenvalue weighted by atomic mass is 16.2. The highest BCUT2D eigenvalue weighted by molar-refractivity contribution is 6.07. The van der Waals surface area contributed by atoms with E-state index in [2.05, 4.69) is 5.32 Å². The van der Waals surface area contributed by atoms with E-state index in [1.165, 1.54) is 24.2 Å². The number of aromatic nitrogens is 1. The molecule has 0 aromatic carbocycles. The van der Waals surface area contributed by atoms with Gasteiger partial charge >= 0.3 is 6.03 Å². The van der Waals surface area contributed by atoms with Gasteiger partial charge in [0.15, 0.2) is 0 Å². The predicted octanol–water partition coefficient (Wildman–Crippen LogP) is 3.01. The Hall–Kier alpha value is -2.44. The largest absolute Gasteiger partial charge is 0.325 e. The Morgan fingerprint density at radius 1 is 1.10 bits per heavy atom. The summed E-state index contributed by atoms with van der Waals surface area (Å²) >= 11 is 0. The minimum absolute atomic E-state index is 0.0530. The molecule has 3 fully saturated rings. The molecule has 29 heavy (non-hydrogen) atoms. The Morgan fingerprint density at radius 3 is 2.62 bits per heavy atom. The quantitative estimate of drug-likeness (QED) is 0.774. The number of nitrogens with one attached hydrogen (secondary N) is 1. The van der Waals surface area contributed by atoms with Gasteiger partial charge in [0.05, 0.1) is 6.04 Å². The molecule has 2 saturated carbocycles. The van der Waals surface area contributed by atoms with Crippen molar-refractivity contribution in [1.82, 2.24) is 14.8 Å². The fourth-order valence-electron chi connectivity index (χ4n) is 4.85. The maximum atomic E-state index is 12.8. The van der Waals surface area contributed by atoms with Crippen LogP contribution >= 0.6 is 0 Å². The van der Waals surface area contributed by atoms with Gasteiger partial charge in [-0.2, -0.15) is 0 Å². The van der Waals surface area contributed by atoms with Gasteiger partial charge in [-0.15, -0.1) is 0 Å². The first-order chi connectivity index (χ1) is 14.1. The van der Waals surface area contributed by atoms with Crippen LogP contribution in [-0.2, 0) is 4.79 Å². The zero-order valence-electron chi connectivity index (χ0n) is 16.9. The molecule has 2 heterocycles. The summed E-state index contributed by atoms with van der Waals surface area (Å²) in [6.07, 6.45) is 11.7. The Labute approximate surface area is 171 Å². The molecule has 1 aromatic rings. The number of imide groups is 1. The van der Waals surface area contributed by atoms with Crippen LogP contribution in [0.25, 0.3) is 0 Å². The van der Waals surface area contributed by atoms with Crippen molar-refractivity contribution in [3.8, 4) is 0 Å². The van der Waals surface area contributed by atoms with Gasteiger partial charge in [0, 0.05) is 19.2 Å². The molecular weight excluding hydrogens is 368 g/mol. The van der Waals surface area contributed by atoms with Gasteiger partial charge in [-0.3, -0.25) is 24.0 Å². The van der Waals surface area contributed by atoms with Gasteiger partial charge < -0.3 is 5.32 Å². The van der Waals surface area contributed by atoms with Crippen LogP contribution in [0.5, 0.6) is 0 Å². The normalized spacial score (nSPS) is 22.5. The third-order valence-electron chi connectivity index (χ3n) is 6.47. The molecule has 1 spiro atoms. The zero-order valence-corrected chi connectivity index (χ0v) is 16.9. The fourth-order valence-corrected chi connectivity index (χ4v) is 4.85. The Morgan fingerprint density at radius 2 is 1.86 bits per heavy atom. The van der Waals surface area contributed by atoms with E-state index in [1.54, 1.807) is 10.8 Å². The lowest BCUT2D eigenvalue weighted by Gasteiger charge is -2.20. The molecule has 3 amide bonds. The molecule has 1 aliphatic heterocycles. The summed E-state index contributed by atoms with van der Waals surface area (Å²) < 4.78 is 1.61. The van der Waals surface area contributed by atoms with Crippen molar-refractivity contribution in [2.75, 3.05) is 6.54 Å². The van der Waals surface area contributed by atoms with Crippen molar-refractivity contribution < 1.29 is 14.4 Å². The van der Waals surface area contributed by atoms with Crippen LogP contribution in [0.3, 0.4) is 0 Å². The van der Waals surface area contributed by atoms with Crippen molar-refractivity contribution in [3.63, 3.8) is 0 Å². The van der Waals surface area contributed by atoms with E-state index in [0.29, 0.717) is 18.0 Å². The van der Waals surface area contributed by atoms with Crippen molar-refractivity contribution >= 4 is 17.8 Å². The second kappa shape index (κ2) is 8.51. The van der Waals surface area contributed by atoms with Crippen molar-refractivity contribution in [1.29, 1.82) is 0 Å². The average molecular weight is 399 g/mol. The van der Waals surface area contributed by atoms with Gasteiger partial charge in [-0.1, -0.05) is 38.2 Å². The van der Waals surface area contributed by atoms with E-state index in [9.17, 15) is 14.4 Å². The highest BCUT2D eigenvalue weighted by Crippen LogP contribution is 2.35. The summed E-state index contributed by atoms with van der Waals surface area (Å²) in [5.74, 6) is -0.171. The molecule has 1 N–H and O–H groups in total. The number of hydrogen-bond acceptors (Lipinski definition) is 4. The van der Waals surface area contributed by atoms with Crippen LogP contribution in [0.4, 0.5) is 4.79 Å². The number of hydrogen-bond donors (Lipinski definition) is 1. The van der Waals surface area contributed by atoms with Crippen molar-refractivity contribution in [2.45, 2.75) is 82.2 Å². The molecule has 0 unspecified atom stereocenters. The van der Waals surface area contributed by atoms with Gasteiger partial charge in [0.25, 0.3) is 5.91 Å². The highest BCUT2D eigenvalue weighted by Gasteiger charge is 2.52. The number of pyridine rings is 1. The van der Waals surface area contributed by atoms with Crippen LogP contribution in [-0.4, -0.2) is 45.4 Å². The number of carbonyl (C=O) groups is 3. The molecule has 7 heteroatoms. The third kappa shape index (κ3) is 4.14. The Balaban J connectivity index is 1.38. The maximum Gasteiger partial charge on any atom is 0.325 e. The maximum absolute atomic E-state index is 12.8. The smallest absolute Gasteiger partial charge is 0.323 e. The number of carbonyl (C=O) groups excluding carboxylic acids is 3. The summed E-state index contributed by atoms with van der Waals surface area (Å²) in [5.41, 5.74) is 0.0192. The molecule has 2 aliphatic carbocycles. The standard InChI is InChI=1S/C22H30N4O3/c27-19(25-15-7-4-11-18(25)23-17-9-2-1-3-10-17)12-8-16-26-20(28)22(24-21(26)29)13-5-6-14-22/h4,7,11,15,17H,1-3,5-6,8-10,12-14,16H2,(H,24,29).